The zero-order chi connectivity index (χ0) is 13.1. The molecule has 0 amide bonds. The van der Waals surface area contributed by atoms with Crippen LogP contribution in [0.5, 0.6) is 0 Å². The van der Waals surface area contributed by atoms with E-state index in [1.165, 1.54) is 6.42 Å². The van der Waals surface area contributed by atoms with E-state index < -0.39 is 0 Å². The molecule has 3 heteroatoms. The first kappa shape index (κ1) is 17.8. The SMILES string of the molecule is CCC.CN[C@@H](CC(C)C)C(=O)OC(C)C. The lowest BCUT2D eigenvalue weighted by molar-refractivity contribution is -0.150. The predicted octanol–water partition coefficient (Wildman–Crippen LogP) is 2.99. The van der Waals surface area contributed by atoms with Crippen molar-refractivity contribution in [3.63, 3.8) is 0 Å². The van der Waals surface area contributed by atoms with E-state index in [1.807, 2.05) is 13.8 Å². The number of rotatable bonds is 5. The Morgan fingerprint density at radius 1 is 1.19 bits per heavy atom. The van der Waals surface area contributed by atoms with Gasteiger partial charge in [-0.15, -0.1) is 0 Å². The molecule has 0 fully saturated rings. The summed E-state index contributed by atoms with van der Waals surface area (Å²) in [6, 6.07) is -0.164. The van der Waals surface area contributed by atoms with Gasteiger partial charge in [-0.25, -0.2) is 0 Å². The molecule has 0 radical (unpaired) electrons. The minimum Gasteiger partial charge on any atom is -0.462 e. The maximum absolute atomic E-state index is 11.4. The molecule has 16 heavy (non-hydrogen) atoms. The minimum absolute atomic E-state index is 0.0319. The molecular formula is C13H29NO2. The number of ether oxygens (including phenoxy) is 1. The van der Waals surface area contributed by atoms with Crippen molar-refractivity contribution in [2.75, 3.05) is 7.05 Å². The highest BCUT2D eigenvalue weighted by Gasteiger charge is 2.19. The van der Waals surface area contributed by atoms with Crippen LogP contribution in [0, 0.1) is 5.92 Å². The van der Waals surface area contributed by atoms with Crippen LogP contribution in [0.15, 0.2) is 0 Å². The first-order valence-corrected chi connectivity index (χ1v) is 6.26. The van der Waals surface area contributed by atoms with Gasteiger partial charge in [0.2, 0.25) is 0 Å². The van der Waals surface area contributed by atoms with Crippen LogP contribution >= 0.6 is 0 Å². The van der Waals surface area contributed by atoms with Gasteiger partial charge in [-0.1, -0.05) is 34.1 Å². The molecule has 1 atom stereocenters. The van der Waals surface area contributed by atoms with Crippen molar-refractivity contribution in [1.29, 1.82) is 0 Å². The van der Waals surface area contributed by atoms with Crippen molar-refractivity contribution in [3.05, 3.63) is 0 Å². The van der Waals surface area contributed by atoms with Crippen molar-refractivity contribution in [3.8, 4) is 0 Å². The Bertz CT molecular complexity index is 167. The van der Waals surface area contributed by atoms with Crippen LogP contribution in [0.1, 0.15) is 54.4 Å². The summed E-state index contributed by atoms with van der Waals surface area (Å²) in [5, 5.41) is 2.96. The van der Waals surface area contributed by atoms with E-state index in [0.29, 0.717) is 5.92 Å². The molecule has 0 spiro atoms. The van der Waals surface area contributed by atoms with E-state index in [4.69, 9.17) is 4.74 Å². The lowest BCUT2D eigenvalue weighted by Gasteiger charge is -2.18. The largest absolute Gasteiger partial charge is 0.462 e. The molecule has 0 saturated carbocycles. The Kier molecular flexibility index (Phi) is 12.2. The van der Waals surface area contributed by atoms with Crippen LogP contribution < -0.4 is 5.32 Å². The Balaban J connectivity index is 0. The third-order valence-electron chi connectivity index (χ3n) is 1.69. The predicted molar refractivity (Wildman–Crippen MR) is 69.5 cm³/mol. The number of carbonyl (C=O) groups is 1. The molecule has 1 N–H and O–H groups in total. The van der Waals surface area contributed by atoms with Crippen LogP contribution in [-0.4, -0.2) is 25.2 Å². The van der Waals surface area contributed by atoms with Gasteiger partial charge in [0.05, 0.1) is 6.10 Å². The minimum atomic E-state index is -0.164. The Morgan fingerprint density at radius 3 is 1.88 bits per heavy atom. The normalized spacial score (nSPS) is 12.1. The van der Waals surface area contributed by atoms with Gasteiger partial charge >= 0.3 is 5.97 Å². The van der Waals surface area contributed by atoms with E-state index in [9.17, 15) is 4.79 Å². The summed E-state index contributed by atoms with van der Waals surface area (Å²) in [5.74, 6) is 0.350. The average molecular weight is 231 g/mol. The zero-order valence-electron chi connectivity index (χ0n) is 12.0. The number of hydrogen-bond donors (Lipinski definition) is 1. The Labute approximate surface area is 101 Å². The van der Waals surface area contributed by atoms with Gasteiger partial charge in [-0.3, -0.25) is 4.79 Å². The molecule has 0 aliphatic carbocycles. The molecule has 0 bridgehead atoms. The second-order valence-corrected chi connectivity index (χ2v) is 4.66. The van der Waals surface area contributed by atoms with Gasteiger partial charge in [-0.2, -0.15) is 0 Å². The highest BCUT2D eigenvalue weighted by Crippen LogP contribution is 2.06. The number of nitrogens with one attached hydrogen (secondary N) is 1. The number of likely N-dealkylation sites (N-methyl/N-ethyl adjacent to an activating group) is 1. The van der Waals surface area contributed by atoms with Gasteiger partial charge in [0.15, 0.2) is 0 Å². The van der Waals surface area contributed by atoms with E-state index >= 15 is 0 Å². The van der Waals surface area contributed by atoms with E-state index in [-0.39, 0.29) is 18.1 Å². The second kappa shape index (κ2) is 10.9. The first-order chi connectivity index (χ1) is 7.38. The molecule has 0 aromatic heterocycles. The van der Waals surface area contributed by atoms with Crippen LogP contribution in [0.4, 0.5) is 0 Å². The number of hydrogen-bond acceptors (Lipinski definition) is 3. The molecule has 0 aliphatic heterocycles. The summed E-state index contributed by atoms with van der Waals surface area (Å²) < 4.78 is 5.10. The van der Waals surface area contributed by atoms with E-state index in [2.05, 4.69) is 33.0 Å². The average Bonchev–Trinajstić information content (AvgIpc) is 2.13. The van der Waals surface area contributed by atoms with E-state index in [0.717, 1.165) is 6.42 Å². The molecule has 3 nitrogen and oxygen atoms in total. The molecule has 0 aromatic rings. The molecule has 0 heterocycles. The molecule has 0 aromatic carbocycles. The van der Waals surface area contributed by atoms with Crippen LogP contribution in [0.3, 0.4) is 0 Å². The fourth-order valence-electron chi connectivity index (χ4n) is 1.12. The maximum Gasteiger partial charge on any atom is 0.323 e. The van der Waals surface area contributed by atoms with E-state index in [1.54, 1.807) is 7.05 Å². The highest BCUT2D eigenvalue weighted by atomic mass is 16.5. The molecule has 0 saturated heterocycles. The van der Waals surface area contributed by atoms with Gasteiger partial charge in [-0.05, 0) is 33.2 Å². The maximum atomic E-state index is 11.4. The van der Waals surface area contributed by atoms with Crippen molar-refractivity contribution in [1.82, 2.24) is 5.32 Å². The zero-order valence-corrected chi connectivity index (χ0v) is 12.0. The third-order valence-corrected chi connectivity index (χ3v) is 1.69. The summed E-state index contributed by atoms with van der Waals surface area (Å²) in [6.07, 6.45) is 2.04. The summed E-state index contributed by atoms with van der Waals surface area (Å²) >= 11 is 0. The van der Waals surface area contributed by atoms with Gasteiger partial charge in [0.1, 0.15) is 6.04 Å². The summed E-state index contributed by atoms with van der Waals surface area (Å²) in [6.45, 7) is 12.2. The second-order valence-electron chi connectivity index (χ2n) is 4.66. The standard InChI is InChI=1S/C10H21NO2.C3H8/c1-7(2)6-9(11-5)10(12)13-8(3)4;1-3-2/h7-9,11H,6H2,1-5H3;3H2,1-2H3/t9-;/m0./s1. The third kappa shape index (κ3) is 11.5. The summed E-state index contributed by atoms with van der Waals surface area (Å²) in [4.78, 5) is 11.4. The monoisotopic (exact) mass is 231 g/mol. The topological polar surface area (TPSA) is 38.3 Å². The molecular weight excluding hydrogens is 202 g/mol. The molecule has 98 valence electrons. The van der Waals surface area contributed by atoms with Gasteiger partial charge in [0.25, 0.3) is 0 Å². The highest BCUT2D eigenvalue weighted by molar-refractivity contribution is 5.75. The number of esters is 1. The summed E-state index contributed by atoms with van der Waals surface area (Å²) in [7, 11) is 1.79. The van der Waals surface area contributed by atoms with Crippen molar-refractivity contribution < 1.29 is 9.53 Å². The quantitative estimate of drug-likeness (QED) is 0.739. The van der Waals surface area contributed by atoms with Crippen LogP contribution in [0.2, 0.25) is 0 Å². The van der Waals surface area contributed by atoms with Gasteiger partial charge < -0.3 is 10.1 Å². The first-order valence-electron chi connectivity index (χ1n) is 6.26. The molecule has 0 unspecified atom stereocenters. The summed E-state index contributed by atoms with van der Waals surface area (Å²) in [5.41, 5.74) is 0. The van der Waals surface area contributed by atoms with Crippen molar-refractivity contribution in [2.24, 2.45) is 5.92 Å². The fourth-order valence-corrected chi connectivity index (χ4v) is 1.12. The number of carbonyl (C=O) groups excluding carboxylic acids is 1. The van der Waals surface area contributed by atoms with Gasteiger partial charge in [0, 0.05) is 0 Å². The smallest absolute Gasteiger partial charge is 0.323 e. The van der Waals surface area contributed by atoms with Crippen LogP contribution in [-0.2, 0) is 9.53 Å². The molecule has 0 rings (SSSR count). The fraction of sp³-hybridized carbons (Fsp3) is 0.923. The Morgan fingerprint density at radius 2 is 1.62 bits per heavy atom. The van der Waals surface area contributed by atoms with Crippen molar-refractivity contribution in [2.45, 2.75) is 66.5 Å². The van der Waals surface area contributed by atoms with Crippen LogP contribution in [0.25, 0.3) is 0 Å². The Hall–Kier alpha value is -0.570. The van der Waals surface area contributed by atoms with Crippen molar-refractivity contribution >= 4 is 5.97 Å². The lowest BCUT2D eigenvalue weighted by atomic mass is 10.0. The lowest BCUT2D eigenvalue weighted by Crippen LogP contribution is -2.37. The molecule has 0 aliphatic rings.